The predicted octanol–water partition coefficient (Wildman–Crippen LogP) is 1.96. The molecular weight excluding hydrogens is 254 g/mol. The Bertz CT molecular complexity index is 595. The minimum absolute atomic E-state index is 0.0893. The summed E-state index contributed by atoms with van der Waals surface area (Å²) in [5.74, 6) is -0.646. The molecule has 0 radical (unpaired) electrons. The molecule has 0 fully saturated rings. The molecule has 1 aromatic heterocycles. The first kappa shape index (κ1) is 12.7. The van der Waals surface area contributed by atoms with E-state index in [9.17, 15) is 4.79 Å². The van der Waals surface area contributed by atoms with Gasteiger partial charge in [-0.05, 0) is 11.6 Å². The van der Waals surface area contributed by atoms with Gasteiger partial charge in [0.15, 0.2) is 0 Å². The molecule has 0 amide bonds. The average molecular weight is 271 g/mol. The van der Waals surface area contributed by atoms with Crippen LogP contribution in [0.2, 0.25) is 0 Å². The molecule has 20 heavy (non-hydrogen) atoms. The lowest BCUT2D eigenvalue weighted by molar-refractivity contribution is -0.137. The topological polar surface area (TPSA) is 58.4 Å². The summed E-state index contributed by atoms with van der Waals surface area (Å²) in [6.45, 7) is 2.50. The van der Waals surface area contributed by atoms with Gasteiger partial charge in [-0.1, -0.05) is 18.2 Å². The third-order valence-electron chi connectivity index (χ3n) is 3.77. The van der Waals surface area contributed by atoms with E-state index in [-0.39, 0.29) is 12.3 Å². The van der Waals surface area contributed by atoms with E-state index >= 15 is 0 Å². The number of aromatic nitrogens is 2. The van der Waals surface area contributed by atoms with E-state index in [2.05, 4.69) is 16.0 Å². The summed E-state index contributed by atoms with van der Waals surface area (Å²) in [4.78, 5) is 17.3. The van der Waals surface area contributed by atoms with Crippen LogP contribution in [-0.2, 0) is 11.3 Å². The van der Waals surface area contributed by atoms with Gasteiger partial charge in [0.05, 0.1) is 12.7 Å². The van der Waals surface area contributed by atoms with Crippen molar-refractivity contribution in [3.05, 3.63) is 48.5 Å². The lowest BCUT2D eigenvalue weighted by atomic mass is 9.98. The van der Waals surface area contributed by atoms with Gasteiger partial charge in [0.1, 0.15) is 0 Å². The molecule has 0 saturated carbocycles. The van der Waals surface area contributed by atoms with Gasteiger partial charge < -0.3 is 14.6 Å². The average Bonchev–Trinajstić information content (AvgIpc) is 3.05. The third kappa shape index (κ3) is 2.52. The fourth-order valence-electron chi connectivity index (χ4n) is 2.84. The molecule has 1 aliphatic rings. The highest BCUT2D eigenvalue weighted by molar-refractivity contribution is 5.71. The van der Waals surface area contributed by atoms with Crippen molar-refractivity contribution in [2.24, 2.45) is 0 Å². The van der Waals surface area contributed by atoms with Crippen molar-refractivity contribution in [1.82, 2.24) is 9.55 Å². The number of hydrogen-bond acceptors (Lipinski definition) is 3. The van der Waals surface area contributed by atoms with Gasteiger partial charge in [0, 0.05) is 43.6 Å². The Morgan fingerprint density at radius 2 is 2.20 bits per heavy atom. The Hall–Kier alpha value is -2.30. The maximum atomic E-state index is 11.0. The number of para-hydroxylation sites is 1. The monoisotopic (exact) mass is 271 g/mol. The highest BCUT2D eigenvalue weighted by Gasteiger charge is 2.29. The van der Waals surface area contributed by atoms with Gasteiger partial charge in [-0.2, -0.15) is 0 Å². The van der Waals surface area contributed by atoms with Crippen LogP contribution >= 0.6 is 0 Å². The van der Waals surface area contributed by atoms with Crippen molar-refractivity contribution in [2.45, 2.75) is 18.9 Å². The van der Waals surface area contributed by atoms with Crippen LogP contribution in [0.4, 0.5) is 5.69 Å². The van der Waals surface area contributed by atoms with Crippen LogP contribution < -0.4 is 4.90 Å². The van der Waals surface area contributed by atoms with Crippen molar-refractivity contribution in [1.29, 1.82) is 0 Å². The van der Waals surface area contributed by atoms with E-state index in [0.29, 0.717) is 0 Å². The minimum atomic E-state index is -0.735. The van der Waals surface area contributed by atoms with E-state index < -0.39 is 5.97 Å². The third-order valence-corrected chi connectivity index (χ3v) is 3.77. The summed E-state index contributed by atoms with van der Waals surface area (Å²) < 4.78 is 2.03. The molecule has 2 heterocycles. The minimum Gasteiger partial charge on any atom is -0.481 e. The number of rotatable bonds is 5. The molecule has 0 aliphatic carbocycles. The molecule has 1 atom stereocenters. The zero-order valence-corrected chi connectivity index (χ0v) is 11.1. The van der Waals surface area contributed by atoms with E-state index in [1.807, 2.05) is 29.0 Å². The first-order valence-corrected chi connectivity index (χ1v) is 6.75. The van der Waals surface area contributed by atoms with Crippen molar-refractivity contribution in [3.8, 4) is 0 Å². The summed E-state index contributed by atoms with van der Waals surface area (Å²) in [6.07, 6.45) is 5.71. The zero-order chi connectivity index (χ0) is 13.9. The Balaban J connectivity index is 1.74. The summed E-state index contributed by atoms with van der Waals surface area (Å²) >= 11 is 0. The van der Waals surface area contributed by atoms with Crippen LogP contribution in [0.3, 0.4) is 0 Å². The van der Waals surface area contributed by atoms with Gasteiger partial charge in [-0.25, -0.2) is 4.98 Å². The largest absolute Gasteiger partial charge is 0.481 e. The molecule has 0 bridgehead atoms. The van der Waals surface area contributed by atoms with Gasteiger partial charge in [-0.15, -0.1) is 0 Å². The van der Waals surface area contributed by atoms with Crippen LogP contribution in [0.1, 0.15) is 17.9 Å². The summed E-state index contributed by atoms with van der Waals surface area (Å²) in [5, 5.41) is 9.03. The number of imidazole rings is 1. The molecule has 1 unspecified atom stereocenters. The highest BCUT2D eigenvalue weighted by atomic mass is 16.4. The maximum absolute atomic E-state index is 11.0. The first-order chi connectivity index (χ1) is 9.74. The zero-order valence-electron chi connectivity index (χ0n) is 11.1. The molecule has 104 valence electrons. The Kier molecular flexibility index (Phi) is 3.41. The molecule has 2 aromatic rings. The summed E-state index contributed by atoms with van der Waals surface area (Å²) in [6, 6.07) is 8.10. The fourth-order valence-corrected chi connectivity index (χ4v) is 2.84. The quantitative estimate of drug-likeness (QED) is 0.903. The number of aliphatic carboxylic acids is 1. The summed E-state index contributed by atoms with van der Waals surface area (Å²) in [7, 11) is 0. The Labute approximate surface area is 117 Å². The van der Waals surface area contributed by atoms with Crippen LogP contribution in [0.25, 0.3) is 0 Å². The van der Waals surface area contributed by atoms with Crippen LogP contribution in [-0.4, -0.2) is 33.7 Å². The first-order valence-electron chi connectivity index (χ1n) is 6.75. The molecule has 1 aliphatic heterocycles. The lowest BCUT2D eigenvalue weighted by Crippen LogP contribution is -2.26. The van der Waals surface area contributed by atoms with Crippen molar-refractivity contribution >= 4 is 11.7 Å². The Morgan fingerprint density at radius 3 is 2.95 bits per heavy atom. The number of hydrogen-bond donors (Lipinski definition) is 1. The molecule has 3 rings (SSSR count). The normalized spacial score (nSPS) is 17.2. The highest BCUT2D eigenvalue weighted by Crippen LogP contribution is 2.37. The molecule has 1 N–H and O–H groups in total. The van der Waals surface area contributed by atoms with Crippen molar-refractivity contribution in [2.75, 3.05) is 18.0 Å². The molecule has 5 heteroatoms. The van der Waals surface area contributed by atoms with Gasteiger partial charge >= 0.3 is 5.97 Å². The second kappa shape index (κ2) is 5.36. The smallest absolute Gasteiger partial charge is 0.304 e. The molecule has 0 saturated heterocycles. The summed E-state index contributed by atoms with van der Waals surface area (Å²) in [5.41, 5.74) is 2.32. The van der Waals surface area contributed by atoms with E-state index in [1.165, 1.54) is 5.69 Å². The molecule has 1 aromatic carbocycles. The number of carboxylic acid groups (broad SMARTS) is 1. The van der Waals surface area contributed by atoms with E-state index in [4.69, 9.17) is 5.11 Å². The van der Waals surface area contributed by atoms with E-state index in [1.54, 1.807) is 12.5 Å². The number of fused-ring (bicyclic) bond motifs is 1. The lowest BCUT2D eigenvalue weighted by Gasteiger charge is -2.20. The van der Waals surface area contributed by atoms with Crippen molar-refractivity contribution in [3.63, 3.8) is 0 Å². The standard InChI is InChI=1S/C15H17N3O2/c19-15(20)9-12-10-18(8-7-17-6-5-16-11-17)14-4-2-1-3-13(12)14/h1-6,11-12H,7-10H2,(H,19,20). The number of carboxylic acids is 1. The van der Waals surface area contributed by atoms with E-state index in [0.717, 1.165) is 25.2 Å². The second-order valence-corrected chi connectivity index (χ2v) is 5.10. The Morgan fingerprint density at radius 1 is 1.35 bits per heavy atom. The predicted molar refractivity (Wildman–Crippen MR) is 75.9 cm³/mol. The number of benzene rings is 1. The maximum Gasteiger partial charge on any atom is 0.304 e. The number of nitrogens with zero attached hydrogens (tertiary/aromatic N) is 3. The van der Waals surface area contributed by atoms with Gasteiger partial charge in [0.25, 0.3) is 0 Å². The number of carbonyl (C=O) groups is 1. The van der Waals surface area contributed by atoms with Gasteiger partial charge in [0.2, 0.25) is 0 Å². The second-order valence-electron chi connectivity index (χ2n) is 5.10. The molecule has 5 nitrogen and oxygen atoms in total. The molecular formula is C15H17N3O2. The fraction of sp³-hybridized carbons (Fsp3) is 0.333. The van der Waals surface area contributed by atoms with Crippen LogP contribution in [0.15, 0.2) is 43.0 Å². The van der Waals surface area contributed by atoms with Gasteiger partial charge in [-0.3, -0.25) is 4.79 Å². The molecule has 0 spiro atoms. The van der Waals surface area contributed by atoms with Crippen molar-refractivity contribution < 1.29 is 9.90 Å². The number of anilines is 1. The SMILES string of the molecule is O=C(O)CC1CN(CCn2ccnc2)c2ccccc21. The van der Waals surface area contributed by atoms with Crippen LogP contribution in [0.5, 0.6) is 0 Å². The van der Waals surface area contributed by atoms with Crippen LogP contribution in [0, 0.1) is 0 Å².